The van der Waals surface area contributed by atoms with Gasteiger partial charge in [0, 0.05) is 13.2 Å². The lowest BCUT2D eigenvalue weighted by Gasteiger charge is -2.16. The predicted molar refractivity (Wildman–Crippen MR) is 72.5 cm³/mol. The van der Waals surface area contributed by atoms with Crippen molar-refractivity contribution in [3.63, 3.8) is 0 Å². The summed E-state index contributed by atoms with van der Waals surface area (Å²) in [5.74, 6) is 0.175. The highest BCUT2D eigenvalue weighted by Gasteiger charge is 2.10. The third kappa shape index (κ3) is 3.81. The summed E-state index contributed by atoms with van der Waals surface area (Å²) in [7, 11) is 1.75. The fourth-order valence-electron chi connectivity index (χ4n) is 1.80. The lowest BCUT2D eigenvalue weighted by Crippen LogP contribution is -2.28. The Morgan fingerprint density at radius 1 is 1.26 bits per heavy atom. The number of hydrogen-bond donors (Lipinski definition) is 1. The lowest BCUT2D eigenvalue weighted by molar-refractivity contribution is -0.129. The van der Waals surface area contributed by atoms with Gasteiger partial charge in [-0.2, -0.15) is 0 Å². The highest BCUT2D eigenvalue weighted by molar-refractivity contribution is 5.78. The fraction of sp³-hybridized carbons (Fsp3) is 0.200. The molecule has 1 amide bonds. The van der Waals surface area contributed by atoms with Gasteiger partial charge in [-0.1, -0.05) is 18.2 Å². The number of likely N-dealkylation sites (N-methyl/N-ethyl adjacent to an activating group) is 1. The first-order valence-corrected chi connectivity index (χ1v) is 6.07. The number of amides is 1. The van der Waals surface area contributed by atoms with Crippen LogP contribution in [0.2, 0.25) is 0 Å². The molecule has 0 fully saturated rings. The van der Waals surface area contributed by atoms with Gasteiger partial charge in [-0.15, -0.1) is 0 Å². The summed E-state index contributed by atoms with van der Waals surface area (Å²) in [5.41, 5.74) is 1.66. The molecule has 0 bridgehead atoms. The average Bonchev–Trinajstić information content (AvgIpc) is 2.40. The van der Waals surface area contributed by atoms with E-state index in [0.29, 0.717) is 6.54 Å². The van der Waals surface area contributed by atoms with E-state index in [4.69, 9.17) is 0 Å². The largest absolute Gasteiger partial charge is 0.508 e. The summed E-state index contributed by atoms with van der Waals surface area (Å²) < 4.78 is 0. The van der Waals surface area contributed by atoms with Crippen molar-refractivity contribution < 1.29 is 9.90 Å². The molecule has 1 N–H and O–H groups in total. The van der Waals surface area contributed by atoms with Crippen LogP contribution in [0.3, 0.4) is 0 Å². The molecule has 0 aliphatic rings. The number of phenolic OH excluding ortho intramolecular Hbond substituents is 1. The Balaban J connectivity index is 1.96. The van der Waals surface area contributed by atoms with Gasteiger partial charge in [0.15, 0.2) is 0 Å². The molecule has 0 aliphatic carbocycles. The van der Waals surface area contributed by atoms with Crippen LogP contribution < -0.4 is 0 Å². The number of nitrogens with zero attached hydrogens (tertiary/aromatic N) is 2. The Labute approximate surface area is 112 Å². The molecule has 0 unspecified atom stereocenters. The monoisotopic (exact) mass is 256 g/mol. The van der Waals surface area contributed by atoms with Crippen molar-refractivity contribution in [1.82, 2.24) is 9.88 Å². The molecule has 0 spiro atoms. The van der Waals surface area contributed by atoms with Gasteiger partial charge < -0.3 is 10.0 Å². The Hall–Kier alpha value is -2.36. The van der Waals surface area contributed by atoms with E-state index < -0.39 is 0 Å². The maximum Gasteiger partial charge on any atom is 0.227 e. The van der Waals surface area contributed by atoms with Crippen LogP contribution in [0.5, 0.6) is 5.75 Å². The van der Waals surface area contributed by atoms with Crippen LogP contribution >= 0.6 is 0 Å². The minimum Gasteiger partial charge on any atom is -0.508 e. The van der Waals surface area contributed by atoms with E-state index in [1.807, 2.05) is 24.3 Å². The molecular weight excluding hydrogens is 240 g/mol. The molecule has 4 heteroatoms. The van der Waals surface area contributed by atoms with Gasteiger partial charge >= 0.3 is 0 Å². The molecular formula is C15H16N2O2. The van der Waals surface area contributed by atoms with E-state index in [2.05, 4.69) is 4.98 Å². The van der Waals surface area contributed by atoms with E-state index in [9.17, 15) is 9.90 Å². The average molecular weight is 256 g/mol. The summed E-state index contributed by atoms with van der Waals surface area (Å²) in [6.45, 7) is 0.485. The Morgan fingerprint density at radius 3 is 2.79 bits per heavy atom. The van der Waals surface area contributed by atoms with Gasteiger partial charge in [0.1, 0.15) is 5.75 Å². The molecule has 19 heavy (non-hydrogen) atoms. The normalized spacial score (nSPS) is 10.2. The summed E-state index contributed by atoms with van der Waals surface area (Å²) in [6.07, 6.45) is 1.99. The molecule has 0 radical (unpaired) electrons. The topological polar surface area (TPSA) is 53.4 Å². The Bertz CT molecular complexity index is 555. The predicted octanol–water partition coefficient (Wildman–Crippen LogP) is 1.99. The quantitative estimate of drug-likeness (QED) is 0.910. The van der Waals surface area contributed by atoms with Crippen LogP contribution in [-0.2, 0) is 17.8 Å². The fourth-order valence-corrected chi connectivity index (χ4v) is 1.80. The van der Waals surface area contributed by atoms with E-state index in [1.54, 1.807) is 36.3 Å². The Kier molecular flexibility index (Phi) is 4.13. The maximum absolute atomic E-state index is 12.0. The van der Waals surface area contributed by atoms with Crippen LogP contribution in [0.15, 0.2) is 48.7 Å². The third-order valence-corrected chi connectivity index (χ3v) is 2.82. The number of phenols is 1. The highest BCUT2D eigenvalue weighted by atomic mass is 16.3. The highest BCUT2D eigenvalue weighted by Crippen LogP contribution is 2.12. The summed E-state index contributed by atoms with van der Waals surface area (Å²) in [6, 6.07) is 12.4. The number of carbonyl (C=O) groups is 1. The molecule has 0 atom stereocenters. The smallest absolute Gasteiger partial charge is 0.227 e. The molecule has 0 saturated carbocycles. The van der Waals surface area contributed by atoms with Crippen LogP contribution in [0.25, 0.3) is 0 Å². The first-order chi connectivity index (χ1) is 9.15. The second-order valence-electron chi connectivity index (χ2n) is 4.42. The van der Waals surface area contributed by atoms with Crippen molar-refractivity contribution >= 4 is 5.91 Å². The first kappa shape index (κ1) is 13.1. The second-order valence-corrected chi connectivity index (χ2v) is 4.42. The number of benzene rings is 1. The number of rotatable bonds is 4. The molecule has 2 aromatic rings. The molecule has 1 aromatic heterocycles. The summed E-state index contributed by atoms with van der Waals surface area (Å²) >= 11 is 0. The zero-order valence-corrected chi connectivity index (χ0v) is 10.8. The number of aromatic hydroxyl groups is 1. The van der Waals surface area contributed by atoms with Crippen LogP contribution in [0.4, 0.5) is 0 Å². The maximum atomic E-state index is 12.0. The van der Waals surface area contributed by atoms with Gasteiger partial charge in [0.25, 0.3) is 0 Å². The van der Waals surface area contributed by atoms with Gasteiger partial charge in [-0.05, 0) is 29.8 Å². The standard InChI is InChI=1S/C15H16N2O2/c1-17(11-13-6-2-3-8-16-13)15(19)10-12-5-4-7-14(18)9-12/h2-9,18H,10-11H2,1H3. The first-order valence-electron chi connectivity index (χ1n) is 6.07. The van der Waals surface area contributed by atoms with E-state index in [1.165, 1.54) is 0 Å². The van der Waals surface area contributed by atoms with Gasteiger partial charge in [0.05, 0.1) is 18.7 Å². The van der Waals surface area contributed by atoms with Crippen molar-refractivity contribution in [1.29, 1.82) is 0 Å². The minimum atomic E-state index is -0.00347. The molecule has 2 rings (SSSR count). The number of aromatic nitrogens is 1. The van der Waals surface area contributed by atoms with Crippen molar-refractivity contribution in [3.8, 4) is 5.75 Å². The molecule has 1 aromatic carbocycles. The van der Waals surface area contributed by atoms with Crippen molar-refractivity contribution in [2.75, 3.05) is 7.05 Å². The molecule has 0 aliphatic heterocycles. The van der Waals surface area contributed by atoms with Gasteiger partial charge in [-0.3, -0.25) is 9.78 Å². The van der Waals surface area contributed by atoms with Crippen molar-refractivity contribution in [2.24, 2.45) is 0 Å². The SMILES string of the molecule is CN(Cc1ccccn1)C(=O)Cc1cccc(O)c1. The van der Waals surface area contributed by atoms with Crippen LogP contribution in [0, 0.1) is 0 Å². The van der Waals surface area contributed by atoms with E-state index in [0.717, 1.165) is 11.3 Å². The van der Waals surface area contributed by atoms with E-state index in [-0.39, 0.29) is 18.1 Å². The molecule has 4 nitrogen and oxygen atoms in total. The number of carbonyl (C=O) groups excluding carboxylic acids is 1. The zero-order chi connectivity index (χ0) is 13.7. The van der Waals surface area contributed by atoms with Gasteiger partial charge in [-0.25, -0.2) is 0 Å². The number of hydrogen-bond acceptors (Lipinski definition) is 3. The zero-order valence-electron chi connectivity index (χ0n) is 10.8. The summed E-state index contributed by atoms with van der Waals surface area (Å²) in [4.78, 5) is 17.9. The van der Waals surface area contributed by atoms with Gasteiger partial charge in [0.2, 0.25) is 5.91 Å². The second kappa shape index (κ2) is 6.00. The van der Waals surface area contributed by atoms with Crippen LogP contribution in [-0.4, -0.2) is 27.9 Å². The molecule has 1 heterocycles. The van der Waals surface area contributed by atoms with Crippen LogP contribution in [0.1, 0.15) is 11.3 Å². The third-order valence-electron chi connectivity index (χ3n) is 2.82. The Morgan fingerprint density at radius 2 is 2.11 bits per heavy atom. The number of pyridine rings is 1. The van der Waals surface area contributed by atoms with Crippen molar-refractivity contribution in [2.45, 2.75) is 13.0 Å². The van der Waals surface area contributed by atoms with E-state index >= 15 is 0 Å². The van der Waals surface area contributed by atoms with Crippen molar-refractivity contribution in [3.05, 3.63) is 59.9 Å². The lowest BCUT2D eigenvalue weighted by atomic mass is 10.1. The summed E-state index contributed by atoms with van der Waals surface area (Å²) in [5, 5.41) is 9.36. The minimum absolute atomic E-state index is 0.00347. The molecule has 98 valence electrons. The molecule has 0 saturated heterocycles.